The summed E-state index contributed by atoms with van der Waals surface area (Å²) in [5, 5.41) is 6.75. The molecule has 9 heteroatoms. The number of nitrogens with zero attached hydrogens (tertiary/aromatic N) is 2. The molecule has 28 heavy (non-hydrogen) atoms. The minimum Gasteiger partial charge on any atom is -0.380 e. The molecule has 1 amide bonds. The fraction of sp³-hybridized carbons (Fsp3) is 0.579. The van der Waals surface area contributed by atoms with Crippen molar-refractivity contribution in [3.63, 3.8) is 0 Å². The second kappa shape index (κ2) is 8.32. The molecule has 1 aromatic heterocycles. The Labute approximate surface area is 175 Å². The Morgan fingerprint density at radius 3 is 2.54 bits per heavy atom. The van der Waals surface area contributed by atoms with E-state index < -0.39 is 0 Å². The van der Waals surface area contributed by atoms with Crippen molar-refractivity contribution < 1.29 is 4.79 Å². The predicted octanol–water partition coefficient (Wildman–Crippen LogP) is 2.96. The van der Waals surface area contributed by atoms with Crippen LogP contribution in [-0.4, -0.2) is 30.5 Å². The number of thiazole rings is 1. The largest absolute Gasteiger partial charge is 0.380 e. The quantitative estimate of drug-likeness (QED) is 0.635. The van der Waals surface area contributed by atoms with Gasteiger partial charge in [0, 0.05) is 25.6 Å². The molecule has 0 spiro atoms. The Morgan fingerprint density at radius 2 is 1.89 bits per heavy atom. The first kappa shape index (κ1) is 19.6. The Bertz CT molecular complexity index is 922. The van der Waals surface area contributed by atoms with Crippen molar-refractivity contribution in [2.75, 3.05) is 35.2 Å². The summed E-state index contributed by atoms with van der Waals surface area (Å²) in [7, 11) is 0. The Hall–Kier alpha value is -1.74. The van der Waals surface area contributed by atoms with E-state index in [0.29, 0.717) is 29.0 Å². The van der Waals surface area contributed by atoms with Gasteiger partial charge < -0.3 is 15.5 Å². The van der Waals surface area contributed by atoms with Gasteiger partial charge in [0.15, 0.2) is 5.13 Å². The van der Waals surface area contributed by atoms with Gasteiger partial charge in [-0.25, -0.2) is 4.98 Å². The molecule has 1 aromatic carbocycles. The van der Waals surface area contributed by atoms with Crippen molar-refractivity contribution in [2.45, 2.75) is 38.5 Å². The summed E-state index contributed by atoms with van der Waals surface area (Å²) in [6.45, 7) is 2.39. The first-order valence-corrected chi connectivity index (χ1v) is 11.4. The fourth-order valence-electron chi connectivity index (χ4n) is 4.18. The van der Waals surface area contributed by atoms with Gasteiger partial charge in [0.25, 0.3) is 10.9 Å². The zero-order valence-electron chi connectivity index (χ0n) is 15.5. The van der Waals surface area contributed by atoms with Gasteiger partial charge in [-0.05, 0) is 60.4 Å². The van der Waals surface area contributed by atoms with E-state index in [1.54, 1.807) is 6.20 Å². The van der Waals surface area contributed by atoms with Crippen LogP contribution in [0.4, 0.5) is 16.5 Å². The van der Waals surface area contributed by atoms with Crippen molar-refractivity contribution in [3.8, 4) is 0 Å². The molecular weight excluding hydrogens is 444 g/mol. The minimum absolute atomic E-state index is 0.00483. The molecule has 2 aliphatic rings. The standard InChI is InChI=1S/C19H23BrN4O3S/c20-13-10-22-19(28-13)23-18(27)12-5-3-11(4-6-12)9-21-14-15(17(26)16(14)25)24-7-1-2-8-24/h10-12,21H,1-9H2,(H,22,23,27). The van der Waals surface area contributed by atoms with E-state index >= 15 is 0 Å². The maximum absolute atomic E-state index is 12.4. The molecule has 2 N–H and O–H groups in total. The summed E-state index contributed by atoms with van der Waals surface area (Å²) >= 11 is 4.75. The highest BCUT2D eigenvalue weighted by Crippen LogP contribution is 2.32. The van der Waals surface area contributed by atoms with Crippen molar-refractivity contribution in [2.24, 2.45) is 11.8 Å². The lowest BCUT2D eigenvalue weighted by Crippen LogP contribution is -2.42. The molecule has 0 bridgehead atoms. The molecule has 0 radical (unpaired) electrons. The first-order chi connectivity index (χ1) is 13.5. The zero-order chi connectivity index (χ0) is 19.7. The van der Waals surface area contributed by atoms with Crippen LogP contribution in [0.2, 0.25) is 0 Å². The van der Waals surface area contributed by atoms with Gasteiger partial charge in [-0.15, -0.1) is 0 Å². The highest BCUT2D eigenvalue weighted by molar-refractivity contribution is 9.11. The Morgan fingerprint density at radius 1 is 1.18 bits per heavy atom. The number of hydrogen-bond donors (Lipinski definition) is 2. The summed E-state index contributed by atoms with van der Waals surface area (Å²) in [4.78, 5) is 42.5. The summed E-state index contributed by atoms with van der Waals surface area (Å²) in [6, 6.07) is 0. The Kier molecular flexibility index (Phi) is 5.82. The average molecular weight is 467 g/mol. The number of hydrogen-bond acceptors (Lipinski definition) is 7. The van der Waals surface area contributed by atoms with Crippen LogP contribution in [0.3, 0.4) is 0 Å². The van der Waals surface area contributed by atoms with E-state index in [2.05, 4.69) is 31.5 Å². The predicted molar refractivity (Wildman–Crippen MR) is 115 cm³/mol. The van der Waals surface area contributed by atoms with Crippen LogP contribution < -0.4 is 26.4 Å². The zero-order valence-corrected chi connectivity index (χ0v) is 17.9. The van der Waals surface area contributed by atoms with Gasteiger partial charge in [-0.3, -0.25) is 14.4 Å². The third-order valence-electron chi connectivity index (χ3n) is 5.80. The fourth-order valence-corrected chi connectivity index (χ4v) is 5.29. The van der Waals surface area contributed by atoms with Crippen LogP contribution in [0.25, 0.3) is 0 Å². The third-order valence-corrected chi connectivity index (χ3v) is 7.19. The van der Waals surface area contributed by atoms with Crippen LogP contribution in [-0.2, 0) is 4.79 Å². The van der Waals surface area contributed by atoms with Gasteiger partial charge in [0.2, 0.25) is 5.91 Å². The number of anilines is 3. The summed E-state index contributed by atoms with van der Waals surface area (Å²) in [5.41, 5.74) is 0.356. The number of aromatic nitrogens is 1. The topological polar surface area (TPSA) is 91.4 Å². The molecule has 2 aromatic rings. The van der Waals surface area contributed by atoms with E-state index in [1.807, 2.05) is 4.90 Å². The maximum Gasteiger partial charge on any atom is 0.253 e. The van der Waals surface area contributed by atoms with E-state index in [1.165, 1.54) is 11.3 Å². The van der Waals surface area contributed by atoms with Gasteiger partial charge in [-0.1, -0.05) is 11.3 Å². The van der Waals surface area contributed by atoms with E-state index in [-0.39, 0.29) is 22.7 Å². The van der Waals surface area contributed by atoms with Crippen LogP contribution in [0, 0.1) is 11.8 Å². The molecule has 1 aliphatic heterocycles. The van der Waals surface area contributed by atoms with Crippen LogP contribution >= 0.6 is 27.3 Å². The molecule has 7 nitrogen and oxygen atoms in total. The normalized spacial score (nSPS) is 22.5. The van der Waals surface area contributed by atoms with Crippen molar-refractivity contribution in [3.05, 3.63) is 30.4 Å². The number of rotatable bonds is 6. The van der Waals surface area contributed by atoms with Crippen LogP contribution in [0.5, 0.6) is 0 Å². The van der Waals surface area contributed by atoms with E-state index in [4.69, 9.17) is 0 Å². The lowest BCUT2D eigenvalue weighted by atomic mass is 9.81. The van der Waals surface area contributed by atoms with Crippen molar-refractivity contribution >= 4 is 49.7 Å². The molecular formula is C19H23BrN4O3S. The molecule has 4 rings (SSSR count). The monoisotopic (exact) mass is 466 g/mol. The smallest absolute Gasteiger partial charge is 0.253 e. The van der Waals surface area contributed by atoms with E-state index in [9.17, 15) is 14.4 Å². The summed E-state index contributed by atoms with van der Waals surface area (Å²) < 4.78 is 0.893. The first-order valence-electron chi connectivity index (χ1n) is 9.77. The number of nitrogens with one attached hydrogen (secondary N) is 2. The maximum atomic E-state index is 12.4. The Balaban J connectivity index is 1.26. The van der Waals surface area contributed by atoms with Gasteiger partial charge >= 0.3 is 0 Å². The second-order valence-corrected chi connectivity index (χ2v) is 10.0. The highest BCUT2D eigenvalue weighted by Gasteiger charge is 2.30. The average Bonchev–Trinajstić information content (AvgIpc) is 3.36. The lowest BCUT2D eigenvalue weighted by molar-refractivity contribution is -0.121. The molecule has 150 valence electrons. The molecule has 0 atom stereocenters. The number of halogens is 1. The molecule has 2 fully saturated rings. The SMILES string of the molecule is O=C(Nc1ncc(Br)s1)C1CCC(CNc2c(N3CCCC3)c(=O)c2=O)CC1. The van der Waals surface area contributed by atoms with Crippen LogP contribution in [0.15, 0.2) is 19.6 Å². The highest BCUT2D eigenvalue weighted by atomic mass is 79.9. The molecule has 1 saturated heterocycles. The van der Waals surface area contributed by atoms with Crippen molar-refractivity contribution in [1.29, 1.82) is 0 Å². The minimum atomic E-state index is -0.385. The second-order valence-electron chi connectivity index (χ2n) is 7.63. The van der Waals surface area contributed by atoms with E-state index in [0.717, 1.165) is 55.4 Å². The van der Waals surface area contributed by atoms with Gasteiger partial charge in [0.05, 0.1) is 9.98 Å². The van der Waals surface area contributed by atoms with Crippen LogP contribution in [0.1, 0.15) is 38.5 Å². The number of carbonyl (C=O) groups excluding carboxylic acids is 1. The summed E-state index contributed by atoms with van der Waals surface area (Å²) in [5.74, 6) is 0.450. The molecule has 1 saturated carbocycles. The molecule has 0 unspecified atom stereocenters. The van der Waals surface area contributed by atoms with Crippen molar-refractivity contribution in [1.82, 2.24) is 4.98 Å². The van der Waals surface area contributed by atoms with Gasteiger partial charge in [0.1, 0.15) is 11.4 Å². The number of carbonyl (C=O) groups is 1. The third kappa shape index (κ3) is 4.00. The van der Waals surface area contributed by atoms with Gasteiger partial charge in [-0.2, -0.15) is 0 Å². The molecule has 2 heterocycles. The number of amides is 1. The summed E-state index contributed by atoms with van der Waals surface area (Å²) in [6.07, 6.45) is 7.35. The molecule has 1 aliphatic carbocycles. The lowest BCUT2D eigenvalue weighted by Gasteiger charge is -2.29.